The topological polar surface area (TPSA) is 51.0 Å². The molecule has 136 valence electrons. The lowest BCUT2D eigenvalue weighted by atomic mass is 10.2. The average molecular weight is 397 g/mol. The number of nitrogens with zero attached hydrogens (tertiary/aromatic N) is 4. The Hall–Kier alpha value is -2.70. The van der Waals surface area contributed by atoms with Crippen molar-refractivity contribution in [1.29, 1.82) is 0 Å². The van der Waals surface area contributed by atoms with Crippen molar-refractivity contribution in [3.05, 3.63) is 76.6 Å². The van der Waals surface area contributed by atoms with E-state index in [0.29, 0.717) is 27.9 Å². The number of carbonyl (C=O) groups excluding carboxylic acids is 1. The van der Waals surface area contributed by atoms with E-state index in [9.17, 15) is 4.79 Å². The first-order valence-corrected chi connectivity index (χ1v) is 9.63. The van der Waals surface area contributed by atoms with Gasteiger partial charge < -0.3 is 0 Å². The largest absolute Gasteiger partial charge is 0.281 e. The van der Waals surface area contributed by atoms with Crippen LogP contribution in [-0.4, -0.2) is 20.7 Å². The molecule has 0 saturated heterocycles. The van der Waals surface area contributed by atoms with Crippen molar-refractivity contribution in [2.75, 3.05) is 4.90 Å². The van der Waals surface area contributed by atoms with Crippen molar-refractivity contribution in [2.45, 2.75) is 13.5 Å². The molecule has 2 aromatic heterocycles. The van der Waals surface area contributed by atoms with Gasteiger partial charge in [-0.25, -0.2) is 4.98 Å². The van der Waals surface area contributed by atoms with Crippen molar-refractivity contribution in [2.24, 2.45) is 7.05 Å². The van der Waals surface area contributed by atoms with Crippen molar-refractivity contribution in [1.82, 2.24) is 14.8 Å². The summed E-state index contributed by atoms with van der Waals surface area (Å²) >= 11 is 7.73. The second-order valence-corrected chi connectivity index (χ2v) is 7.71. The Morgan fingerprint density at radius 3 is 2.63 bits per heavy atom. The fourth-order valence-corrected chi connectivity index (χ4v) is 4.22. The zero-order chi connectivity index (χ0) is 19.0. The van der Waals surface area contributed by atoms with Crippen molar-refractivity contribution in [3.63, 3.8) is 0 Å². The average Bonchev–Trinajstić information content (AvgIpc) is 3.23. The van der Waals surface area contributed by atoms with Crippen LogP contribution in [0.4, 0.5) is 5.13 Å². The molecule has 0 bridgehead atoms. The van der Waals surface area contributed by atoms with Crippen molar-refractivity contribution >= 4 is 44.2 Å². The number of rotatable bonds is 4. The van der Waals surface area contributed by atoms with E-state index < -0.39 is 0 Å². The Morgan fingerprint density at radius 1 is 1.19 bits per heavy atom. The third-order valence-electron chi connectivity index (χ3n) is 4.23. The summed E-state index contributed by atoms with van der Waals surface area (Å²) in [4.78, 5) is 19.7. The highest BCUT2D eigenvalue weighted by molar-refractivity contribution is 7.22. The molecule has 0 fully saturated rings. The molecular formula is C20H17ClN4OS. The summed E-state index contributed by atoms with van der Waals surface area (Å²) in [6.45, 7) is 2.29. The molecule has 0 saturated carbocycles. The van der Waals surface area contributed by atoms with Crippen LogP contribution in [0, 0.1) is 6.92 Å². The summed E-state index contributed by atoms with van der Waals surface area (Å²) in [7, 11) is 1.81. The monoisotopic (exact) mass is 396 g/mol. The lowest BCUT2D eigenvalue weighted by molar-refractivity contribution is 0.0979. The van der Waals surface area contributed by atoms with E-state index in [1.54, 1.807) is 15.6 Å². The Balaban J connectivity index is 1.80. The van der Waals surface area contributed by atoms with Crippen LogP contribution in [0.15, 0.2) is 54.7 Å². The van der Waals surface area contributed by atoms with Crippen LogP contribution in [-0.2, 0) is 13.6 Å². The molecule has 4 rings (SSSR count). The van der Waals surface area contributed by atoms with Crippen LogP contribution in [0.1, 0.15) is 21.6 Å². The number of para-hydroxylation sites is 1. The number of benzene rings is 2. The molecule has 0 spiro atoms. The summed E-state index contributed by atoms with van der Waals surface area (Å²) in [5.41, 5.74) is 2.99. The van der Waals surface area contributed by atoms with Gasteiger partial charge in [-0.1, -0.05) is 59.3 Å². The number of aryl methyl sites for hydroxylation is 2. The number of hydrogen-bond donors (Lipinski definition) is 0. The summed E-state index contributed by atoms with van der Waals surface area (Å²) < 4.78 is 2.60. The van der Waals surface area contributed by atoms with Crippen LogP contribution < -0.4 is 4.90 Å². The number of carbonyl (C=O) groups is 1. The van der Waals surface area contributed by atoms with Crippen LogP contribution in [0.2, 0.25) is 5.02 Å². The minimum Gasteiger partial charge on any atom is -0.278 e. The maximum atomic E-state index is 13.3. The first-order valence-electron chi connectivity index (χ1n) is 8.44. The predicted octanol–water partition coefficient (Wildman–Crippen LogP) is 4.84. The molecule has 2 aromatic carbocycles. The smallest absolute Gasteiger partial charge is 0.278 e. The number of aromatic nitrogens is 3. The summed E-state index contributed by atoms with van der Waals surface area (Å²) in [6.07, 6.45) is 1.84. The maximum Gasteiger partial charge on any atom is 0.281 e. The minimum atomic E-state index is -0.174. The molecule has 2 heterocycles. The molecular weight excluding hydrogens is 380 g/mol. The van der Waals surface area contributed by atoms with Gasteiger partial charge in [0.1, 0.15) is 5.52 Å². The summed E-state index contributed by atoms with van der Waals surface area (Å²) in [5, 5.41) is 5.53. The van der Waals surface area contributed by atoms with E-state index in [0.717, 1.165) is 15.8 Å². The quantitative estimate of drug-likeness (QED) is 0.496. The third-order valence-corrected chi connectivity index (χ3v) is 5.58. The van der Waals surface area contributed by atoms with Gasteiger partial charge in [0.2, 0.25) is 0 Å². The van der Waals surface area contributed by atoms with Gasteiger partial charge in [0, 0.05) is 18.8 Å². The van der Waals surface area contributed by atoms with Gasteiger partial charge in [-0.3, -0.25) is 14.4 Å². The number of halogens is 1. The predicted molar refractivity (Wildman–Crippen MR) is 110 cm³/mol. The van der Waals surface area contributed by atoms with Gasteiger partial charge in [-0.2, -0.15) is 5.10 Å². The summed E-state index contributed by atoms with van der Waals surface area (Å²) in [5.74, 6) is -0.174. The summed E-state index contributed by atoms with van der Waals surface area (Å²) in [6, 6.07) is 15.5. The fourth-order valence-electron chi connectivity index (χ4n) is 2.96. The second kappa shape index (κ2) is 7.13. The molecule has 1 amide bonds. The van der Waals surface area contributed by atoms with E-state index in [4.69, 9.17) is 11.6 Å². The molecule has 0 aliphatic carbocycles. The molecule has 0 aliphatic heterocycles. The maximum absolute atomic E-state index is 13.3. The second-order valence-electron chi connectivity index (χ2n) is 6.29. The molecule has 0 aliphatic rings. The molecule has 5 nitrogen and oxygen atoms in total. The highest BCUT2D eigenvalue weighted by Crippen LogP contribution is 2.34. The van der Waals surface area contributed by atoms with Gasteiger partial charge in [0.15, 0.2) is 10.8 Å². The van der Waals surface area contributed by atoms with Crippen LogP contribution >= 0.6 is 22.9 Å². The first kappa shape index (κ1) is 17.7. The minimum absolute atomic E-state index is 0.174. The zero-order valence-corrected chi connectivity index (χ0v) is 16.5. The zero-order valence-electron chi connectivity index (χ0n) is 14.9. The number of thiazole rings is 1. The van der Waals surface area contributed by atoms with E-state index in [2.05, 4.69) is 10.1 Å². The molecule has 0 radical (unpaired) electrons. The Morgan fingerprint density at radius 2 is 1.96 bits per heavy atom. The Kier molecular flexibility index (Phi) is 4.68. The molecule has 7 heteroatoms. The van der Waals surface area contributed by atoms with Crippen LogP contribution in [0.5, 0.6) is 0 Å². The fraction of sp³-hybridized carbons (Fsp3) is 0.150. The number of fused-ring (bicyclic) bond motifs is 1. The van der Waals surface area contributed by atoms with E-state index in [1.807, 2.05) is 62.6 Å². The van der Waals surface area contributed by atoms with Crippen molar-refractivity contribution in [3.8, 4) is 0 Å². The molecule has 4 aromatic rings. The van der Waals surface area contributed by atoms with Gasteiger partial charge >= 0.3 is 0 Å². The van der Waals surface area contributed by atoms with Crippen molar-refractivity contribution < 1.29 is 4.79 Å². The normalized spacial score (nSPS) is 11.1. The Labute approximate surface area is 165 Å². The van der Waals surface area contributed by atoms with Gasteiger partial charge in [0.25, 0.3) is 5.91 Å². The number of anilines is 1. The molecule has 0 atom stereocenters. The lowest BCUT2D eigenvalue weighted by Crippen LogP contribution is -2.31. The van der Waals surface area contributed by atoms with Crippen LogP contribution in [0.25, 0.3) is 10.2 Å². The Bertz CT molecular complexity index is 1120. The number of amides is 1. The van der Waals surface area contributed by atoms with Gasteiger partial charge in [0.05, 0.1) is 16.3 Å². The molecule has 0 N–H and O–H groups in total. The lowest BCUT2D eigenvalue weighted by Gasteiger charge is -2.19. The highest BCUT2D eigenvalue weighted by atomic mass is 35.5. The molecule has 0 unspecified atom stereocenters. The highest BCUT2D eigenvalue weighted by Gasteiger charge is 2.25. The third kappa shape index (κ3) is 3.46. The van der Waals surface area contributed by atoms with Crippen LogP contribution in [0.3, 0.4) is 0 Å². The first-order chi connectivity index (χ1) is 13.0. The van der Waals surface area contributed by atoms with Gasteiger partial charge in [-0.15, -0.1) is 0 Å². The van der Waals surface area contributed by atoms with E-state index in [1.165, 1.54) is 11.3 Å². The molecule has 27 heavy (non-hydrogen) atoms. The standard InChI is InChI=1S/C20H17ClN4OS/c1-13-11-24(2)23-17(13)19(26)25(12-14-7-4-3-5-8-14)20-22-18-15(21)9-6-10-16(18)27-20/h3-11H,12H2,1-2H3. The number of hydrogen-bond acceptors (Lipinski definition) is 4. The van der Waals surface area contributed by atoms with E-state index in [-0.39, 0.29) is 5.91 Å². The SMILES string of the molecule is Cc1cn(C)nc1C(=O)N(Cc1ccccc1)c1nc2c(Cl)cccc2s1. The van der Waals surface area contributed by atoms with Gasteiger partial charge in [-0.05, 0) is 24.6 Å². The van der Waals surface area contributed by atoms with E-state index >= 15 is 0 Å².